The summed E-state index contributed by atoms with van der Waals surface area (Å²) in [5, 5.41) is 11.3. The van der Waals surface area contributed by atoms with Gasteiger partial charge in [-0.2, -0.15) is 0 Å². The molecule has 0 amide bonds. The predicted molar refractivity (Wildman–Crippen MR) is 59.5 cm³/mol. The molecule has 0 unspecified atom stereocenters. The lowest BCUT2D eigenvalue weighted by Crippen LogP contribution is -2.16. The molecule has 1 aromatic rings. The van der Waals surface area contributed by atoms with Gasteiger partial charge >= 0.3 is 0 Å². The molecule has 1 aliphatic rings. The molecular weight excluding hydrogens is 188 g/mol. The van der Waals surface area contributed by atoms with Crippen molar-refractivity contribution in [3.05, 3.63) is 12.2 Å². The van der Waals surface area contributed by atoms with Gasteiger partial charge < -0.3 is 9.88 Å². The SMILES string of the molecule is CNCc1nncn1C1CCCCCC1. The second-order valence-electron chi connectivity index (χ2n) is 4.33. The molecule has 84 valence electrons. The second-order valence-corrected chi connectivity index (χ2v) is 4.33. The Kier molecular flexibility index (Phi) is 3.72. The molecule has 0 radical (unpaired) electrons. The Bertz CT molecular complexity index is 287. The van der Waals surface area contributed by atoms with Crippen LogP contribution in [0.5, 0.6) is 0 Å². The van der Waals surface area contributed by atoms with Crippen molar-refractivity contribution >= 4 is 0 Å². The van der Waals surface area contributed by atoms with Crippen LogP contribution in [0.3, 0.4) is 0 Å². The van der Waals surface area contributed by atoms with Gasteiger partial charge in [0.15, 0.2) is 0 Å². The summed E-state index contributed by atoms with van der Waals surface area (Å²) in [7, 11) is 1.95. The van der Waals surface area contributed by atoms with E-state index in [1.165, 1.54) is 38.5 Å². The molecule has 0 saturated heterocycles. The summed E-state index contributed by atoms with van der Waals surface area (Å²) in [6, 6.07) is 0.630. The van der Waals surface area contributed by atoms with Gasteiger partial charge in [0.05, 0.1) is 6.54 Å². The van der Waals surface area contributed by atoms with E-state index in [1.807, 2.05) is 13.4 Å². The number of aromatic nitrogens is 3. The summed E-state index contributed by atoms with van der Waals surface area (Å²) in [6.45, 7) is 0.816. The third kappa shape index (κ3) is 2.56. The number of rotatable bonds is 3. The van der Waals surface area contributed by atoms with Gasteiger partial charge in [0.2, 0.25) is 0 Å². The van der Waals surface area contributed by atoms with Crippen LogP contribution in [-0.4, -0.2) is 21.8 Å². The third-order valence-corrected chi connectivity index (χ3v) is 3.20. The third-order valence-electron chi connectivity index (χ3n) is 3.20. The molecule has 4 nitrogen and oxygen atoms in total. The Morgan fingerprint density at radius 1 is 1.33 bits per heavy atom. The van der Waals surface area contributed by atoms with E-state index >= 15 is 0 Å². The monoisotopic (exact) mass is 208 g/mol. The van der Waals surface area contributed by atoms with E-state index in [0.29, 0.717) is 6.04 Å². The maximum absolute atomic E-state index is 4.16. The quantitative estimate of drug-likeness (QED) is 0.771. The Labute approximate surface area is 91.1 Å². The van der Waals surface area contributed by atoms with Crippen molar-refractivity contribution in [3.63, 3.8) is 0 Å². The first kappa shape index (κ1) is 10.6. The minimum absolute atomic E-state index is 0.630. The smallest absolute Gasteiger partial charge is 0.147 e. The lowest BCUT2D eigenvalue weighted by atomic mass is 10.1. The number of hydrogen-bond acceptors (Lipinski definition) is 3. The van der Waals surface area contributed by atoms with Gasteiger partial charge in [-0.15, -0.1) is 10.2 Å². The zero-order valence-electron chi connectivity index (χ0n) is 9.45. The fourth-order valence-electron chi connectivity index (χ4n) is 2.39. The Morgan fingerprint density at radius 3 is 2.73 bits per heavy atom. The molecule has 15 heavy (non-hydrogen) atoms. The first-order valence-corrected chi connectivity index (χ1v) is 5.95. The fourth-order valence-corrected chi connectivity index (χ4v) is 2.39. The Morgan fingerprint density at radius 2 is 2.07 bits per heavy atom. The average Bonchev–Trinajstić information content (AvgIpc) is 2.53. The number of nitrogens with one attached hydrogen (secondary N) is 1. The molecule has 0 spiro atoms. The van der Waals surface area contributed by atoms with Gasteiger partial charge in [0, 0.05) is 6.04 Å². The van der Waals surface area contributed by atoms with Gasteiger partial charge in [0.1, 0.15) is 12.2 Å². The summed E-state index contributed by atoms with van der Waals surface area (Å²) >= 11 is 0. The van der Waals surface area contributed by atoms with E-state index in [2.05, 4.69) is 20.1 Å². The number of nitrogens with zero attached hydrogens (tertiary/aromatic N) is 3. The minimum Gasteiger partial charge on any atom is -0.313 e. The van der Waals surface area contributed by atoms with Crippen molar-refractivity contribution in [1.82, 2.24) is 20.1 Å². The summed E-state index contributed by atoms with van der Waals surface area (Å²) in [5.41, 5.74) is 0. The standard InChI is InChI=1S/C11H20N4/c1-12-8-11-14-13-9-15(11)10-6-4-2-3-5-7-10/h9-10,12H,2-8H2,1H3. The van der Waals surface area contributed by atoms with Gasteiger partial charge in [-0.1, -0.05) is 25.7 Å². The molecule has 1 aromatic heterocycles. The predicted octanol–water partition coefficient (Wildman–Crippen LogP) is 1.89. The molecule has 1 N–H and O–H groups in total. The lowest BCUT2D eigenvalue weighted by molar-refractivity contribution is 0.426. The van der Waals surface area contributed by atoms with Crippen LogP contribution in [0.1, 0.15) is 50.4 Å². The van der Waals surface area contributed by atoms with Crippen LogP contribution >= 0.6 is 0 Å². The summed E-state index contributed by atoms with van der Waals surface area (Å²) in [6.07, 6.45) is 9.94. The van der Waals surface area contributed by atoms with E-state index in [0.717, 1.165) is 12.4 Å². The van der Waals surface area contributed by atoms with Crippen molar-refractivity contribution in [2.45, 2.75) is 51.1 Å². The van der Waals surface area contributed by atoms with Crippen molar-refractivity contribution in [3.8, 4) is 0 Å². The average molecular weight is 208 g/mol. The van der Waals surface area contributed by atoms with Crippen LogP contribution in [0.15, 0.2) is 6.33 Å². The second kappa shape index (κ2) is 5.26. The lowest BCUT2D eigenvalue weighted by Gasteiger charge is -2.17. The Balaban J connectivity index is 2.08. The highest BCUT2D eigenvalue weighted by Gasteiger charge is 2.16. The van der Waals surface area contributed by atoms with E-state index in [4.69, 9.17) is 0 Å². The van der Waals surface area contributed by atoms with Crippen molar-refractivity contribution in [1.29, 1.82) is 0 Å². The van der Waals surface area contributed by atoms with E-state index in [1.54, 1.807) is 0 Å². The molecule has 1 saturated carbocycles. The first-order valence-electron chi connectivity index (χ1n) is 5.95. The first-order chi connectivity index (χ1) is 7.42. The van der Waals surface area contributed by atoms with Crippen molar-refractivity contribution < 1.29 is 0 Å². The van der Waals surface area contributed by atoms with Gasteiger partial charge in [-0.3, -0.25) is 0 Å². The van der Waals surface area contributed by atoms with E-state index in [-0.39, 0.29) is 0 Å². The van der Waals surface area contributed by atoms with Gasteiger partial charge in [-0.05, 0) is 19.9 Å². The van der Waals surface area contributed by atoms with Gasteiger partial charge in [0.25, 0.3) is 0 Å². The maximum Gasteiger partial charge on any atom is 0.147 e. The molecule has 1 fully saturated rings. The van der Waals surface area contributed by atoms with Crippen molar-refractivity contribution in [2.24, 2.45) is 0 Å². The molecular formula is C11H20N4. The normalized spacial score (nSPS) is 19.0. The largest absolute Gasteiger partial charge is 0.313 e. The van der Waals surface area contributed by atoms with Crippen LogP contribution in [-0.2, 0) is 6.54 Å². The molecule has 0 atom stereocenters. The molecule has 4 heteroatoms. The topological polar surface area (TPSA) is 42.7 Å². The highest BCUT2D eigenvalue weighted by atomic mass is 15.3. The molecule has 2 rings (SSSR count). The van der Waals surface area contributed by atoms with Gasteiger partial charge in [-0.25, -0.2) is 0 Å². The van der Waals surface area contributed by atoms with Crippen LogP contribution in [0.25, 0.3) is 0 Å². The zero-order valence-corrected chi connectivity index (χ0v) is 9.45. The van der Waals surface area contributed by atoms with Crippen LogP contribution in [0.4, 0.5) is 0 Å². The zero-order chi connectivity index (χ0) is 10.5. The fraction of sp³-hybridized carbons (Fsp3) is 0.818. The minimum atomic E-state index is 0.630. The highest BCUT2D eigenvalue weighted by molar-refractivity contribution is 4.89. The molecule has 0 aromatic carbocycles. The van der Waals surface area contributed by atoms with Crippen molar-refractivity contribution in [2.75, 3.05) is 7.05 Å². The summed E-state index contributed by atoms with van der Waals surface area (Å²) < 4.78 is 2.27. The molecule has 1 heterocycles. The maximum atomic E-state index is 4.16. The highest BCUT2D eigenvalue weighted by Crippen LogP contribution is 2.27. The van der Waals surface area contributed by atoms with Crippen LogP contribution in [0.2, 0.25) is 0 Å². The Hall–Kier alpha value is -0.900. The molecule has 0 aliphatic heterocycles. The summed E-state index contributed by atoms with van der Waals surface area (Å²) in [4.78, 5) is 0. The molecule has 0 bridgehead atoms. The van der Waals surface area contributed by atoms with E-state index < -0.39 is 0 Å². The van der Waals surface area contributed by atoms with Crippen LogP contribution < -0.4 is 5.32 Å². The van der Waals surface area contributed by atoms with E-state index in [9.17, 15) is 0 Å². The molecule has 1 aliphatic carbocycles. The number of hydrogen-bond donors (Lipinski definition) is 1. The summed E-state index contributed by atoms with van der Waals surface area (Å²) in [5.74, 6) is 1.07. The van der Waals surface area contributed by atoms with Crippen LogP contribution in [0, 0.1) is 0 Å².